The van der Waals surface area contributed by atoms with Gasteiger partial charge < -0.3 is 15.0 Å². The lowest BCUT2D eigenvalue weighted by atomic mass is 9.92. The smallest absolute Gasteiger partial charge is 0.233 e. The van der Waals surface area contributed by atoms with E-state index in [0.29, 0.717) is 22.7 Å². The molecule has 6 nitrogen and oxygen atoms in total. The zero-order valence-electron chi connectivity index (χ0n) is 15.3. The first-order valence-corrected chi connectivity index (χ1v) is 10.5. The summed E-state index contributed by atoms with van der Waals surface area (Å²) < 4.78 is 6.01. The number of methoxy groups -OCH3 is 1. The van der Waals surface area contributed by atoms with Gasteiger partial charge in [0.2, 0.25) is 11.0 Å². The number of hydrogen-bond acceptors (Lipinski definition) is 7. The predicted octanol–water partition coefficient (Wildman–Crippen LogP) is 3.89. The highest BCUT2D eigenvalue weighted by atomic mass is 32.2. The van der Waals surface area contributed by atoms with Gasteiger partial charge in [-0.15, -0.1) is 10.2 Å². The number of thioether (sulfide) groups is 1. The normalized spacial score (nSPS) is 20.0. The van der Waals surface area contributed by atoms with E-state index in [9.17, 15) is 4.79 Å². The van der Waals surface area contributed by atoms with E-state index >= 15 is 0 Å². The summed E-state index contributed by atoms with van der Waals surface area (Å²) in [5.74, 6) is 2.53. The van der Waals surface area contributed by atoms with Gasteiger partial charge in [0.1, 0.15) is 5.75 Å². The topological polar surface area (TPSA) is 67.3 Å². The Kier molecular flexibility index (Phi) is 6.37. The van der Waals surface area contributed by atoms with Crippen LogP contribution in [0.2, 0.25) is 0 Å². The fourth-order valence-corrected chi connectivity index (χ4v) is 4.90. The van der Waals surface area contributed by atoms with Crippen molar-refractivity contribution in [3.05, 3.63) is 24.3 Å². The molecular weight excluding hydrogens is 368 g/mol. The zero-order valence-corrected chi connectivity index (χ0v) is 16.9. The third kappa shape index (κ3) is 5.11. The zero-order chi connectivity index (χ0) is 18.5. The molecule has 1 aromatic carbocycles. The monoisotopic (exact) mass is 392 g/mol. The maximum absolute atomic E-state index is 12.5. The average molecular weight is 393 g/mol. The maximum Gasteiger partial charge on any atom is 0.233 e. The largest absolute Gasteiger partial charge is 0.497 e. The molecule has 1 aromatic heterocycles. The minimum atomic E-state index is 0.186. The molecule has 0 radical (unpaired) electrons. The van der Waals surface area contributed by atoms with Gasteiger partial charge in [-0.3, -0.25) is 4.79 Å². The van der Waals surface area contributed by atoms with Crippen LogP contribution in [0.4, 0.5) is 10.8 Å². The number of benzene rings is 1. The van der Waals surface area contributed by atoms with Crippen molar-refractivity contribution >= 4 is 39.8 Å². The number of ether oxygens (including phenoxy) is 1. The number of likely N-dealkylation sites (tertiary alicyclic amines) is 1. The van der Waals surface area contributed by atoms with Crippen molar-refractivity contribution in [3.8, 4) is 5.75 Å². The summed E-state index contributed by atoms with van der Waals surface area (Å²) in [6.45, 7) is 6.15. The number of aromatic nitrogens is 2. The van der Waals surface area contributed by atoms with Gasteiger partial charge >= 0.3 is 0 Å². The molecule has 1 fully saturated rings. The van der Waals surface area contributed by atoms with Gasteiger partial charge in [-0.25, -0.2) is 0 Å². The Morgan fingerprint density at radius 1 is 1.35 bits per heavy atom. The van der Waals surface area contributed by atoms with Crippen molar-refractivity contribution < 1.29 is 9.53 Å². The fourth-order valence-electron chi connectivity index (χ4n) is 3.22. The first kappa shape index (κ1) is 19.0. The van der Waals surface area contributed by atoms with Crippen LogP contribution in [0.3, 0.4) is 0 Å². The summed E-state index contributed by atoms with van der Waals surface area (Å²) in [6.07, 6.45) is 1.20. The van der Waals surface area contributed by atoms with E-state index in [0.717, 1.165) is 28.9 Å². The Balaban J connectivity index is 1.52. The van der Waals surface area contributed by atoms with Crippen LogP contribution in [0, 0.1) is 11.8 Å². The number of hydrogen-bond donors (Lipinski definition) is 1. The summed E-state index contributed by atoms with van der Waals surface area (Å²) in [7, 11) is 1.64. The van der Waals surface area contributed by atoms with Crippen LogP contribution in [0.1, 0.15) is 20.3 Å². The van der Waals surface area contributed by atoms with Crippen LogP contribution >= 0.6 is 23.1 Å². The number of carbonyl (C=O) groups excluding carboxylic acids is 1. The van der Waals surface area contributed by atoms with E-state index in [-0.39, 0.29) is 5.91 Å². The molecule has 26 heavy (non-hydrogen) atoms. The van der Waals surface area contributed by atoms with Gasteiger partial charge in [0.25, 0.3) is 0 Å². The van der Waals surface area contributed by atoms with Crippen LogP contribution in [0.15, 0.2) is 28.6 Å². The Labute approximate surface area is 162 Å². The molecule has 1 saturated heterocycles. The van der Waals surface area contributed by atoms with Crippen molar-refractivity contribution in [2.45, 2.75) is 24.6 Å². The average Bonchev–Trinajstić information content (AvgIpc) is 3.06. The van der Waals surface area contributed by atoms with Crippen LogP contribution in [-0.2, 0) is 4.79 Å². The molecule has 0 saturated carbocycles. The molecule has 0 aliphatic carbocycles. The van der Waals surface area contributed by atoms with Crippen molar-refractivity contribution in [2.24, 2.45) is 11.8 Å². The van der Waals surface area contributed by atoms with Crippen LogP contribution in [0.5, 0.6) is 5.75 Å². The van der Waals surface area contributed by atoms with E-state index in [1.807, 2.05) is 29.2 Å². The van der Waals surface area contributed by atoms with Gasteiger partial charge in [-0.1, -0.05) is 43.0 Å². The van der Waals surface area contributed by atoms with Gasteiger partial charge in [0.15, 0.2) is 4.34 Å². The molecule has 1 aliphatic heterocycles. The van der Waals surface area contributed by atoms with E-state index in [4.69, 9.17) is 4.74 Å². The minimum Gasteiger partial charge on any atom is -0.497 e. The van der Waals surface area contributed by atoms with Crippen molar-refractivity contribution in [1.82, 2.24) is 15.1 Å². The van der Waals surface area contributed by atoms with E-state index < -0.39 is 0 Å². The second-order valence-corrected chi connectivity index (χ2v) is 8.96. The minimum absolute atomic E-state index is 0.186. The Bertz CT molecular complexity index is 742. The van der Waals surface area contributed by atoms with Crippen molar-refractivity contribution in [3.63, 3.8) is 0 Å². The van der Waals surface area contributed by atoms with E-state index in [1.54, 1.807) is 7.11 Å². The molecule has 0 unspecified atom stereocenters. The fraction of sp³-hybridized carbons (Fsp3) is 0.500. The molecule has 0 spiro atoms. The first-order chi connectivity index (χ1) is 12.5. The molecule has 2 atom stereocenters. The van der Waals surface area contributed by atoms with Gasteiger partial charge in [-0.2, -0.15) is 0 Å². The van der Waals surface area contributed by atoms with Gasteiger partial charge in [0.05, 0.1) is 12.9 Å². The van der Waals surface area contributed by atoms with Crippen LogP contribution in [-0.4, -0.2) is 47.0 Å². The summed E-state index contributed by atoms with van der Waals surface area (Å²) in [5, 5.41) is 12.2. The molecule has 1 N–H and O–H groups in total. The second kappa shape index (κ2) is 8.73. The molecule has 1 aliphatic rings. The molecule has 140 valence electrons. The number of carbonyl (C=O) groups is 1. The SMILES string of the molecule is COc1cccc(Nc2nnc(SCC(=O)N3C[C@@H](C)C[C@H](C)C3)s2)c1. The summed E-state index contributed by atoms with van der Waals surface area (Å²) in [6, 6.07) is 7.65. The van der Waals surface area contributed by atoms with E-state index in [2.05, 4.69) is 29.4 Å². The molecular formula is C18H24N4O2S2. The molecule has 8 heteroatoms. The highest BCUT2D eigenvalue weighted by molar-refractivity contribution is 8.01. The summed E-state index contributed by atoms with van der Waals surface area (Å²) in [4.78, 5) is 14.5. The number of anilines is 2. The quantitative estimate of drug-likeness (QED) is 0.753. The summed E-state index contributed by atoms with van der Waals surface area (Å²) in [5.41, 5.74) is 0.893. The highest BCUT2D eigenvalue weighted by Crippen LogP contribution is 2.29. The first-order valence-electron chi connectivity index (χ1n) is 8.68. The van der Waals surface area contributed by atoms with Gasteiger partial charge in [0, 0.05) is 24.8 Å². The number of piperidine rings is 1. The lowest BCUT2D eigenvalue weighted by molar-refractivity contribution is -0.130. The number of nitrogens with zero attached hydrogens (tertiary/aromatic N) is 3. The Hall–Kier alpha value is -1.80. The predicted molar refractivity (Wildman–Crippen MR) is 106 cm³/mol. The molecule has 1 amide bonds. The lowest BCUT2D eigenvalue weighted by Gasteiger charge is -2.34. The molecule has 3 rings (SSSR count). The number of amides is 1. The van der Waals surface area contributed by atoms with Gasteiger partial charge in [-0.05, 0) is 30.4 Å². The standard InChI is InChI=1S/C18H24N4O2S2/c1-12-7-13(2)10-22(9-12)16(23)11-25-18-21-20-17(26-18)19-14-5-4-6-15(8-14)24-3/h4-6,8,12-13H,7,9-11H2,1-3H3,(H,19,20)/t12-,13-/m0/s1. The number of rotatable bonds is 6. The molecule has 2 heterocycles. The Morgan fingerprint density at radius 3 is 2.85 bits per heavy atom. The highest BCUT2D eigenvalue weighted by Gasteiger charge is 2.25. The van der Waals surface area contributed by atoms with Crippen LogP contribution < -0.4 is 10.1 Å². The molecule has 0 bridgehead atoms. The lowest BCUT2D eigenvalue weighted by Crippen LogP contribution is -2.43. The maximum atomic E-state index is 12.5. The van der Waals surface area contributed by atoms with Crippen molar-refractivity contribution in [1.29, 1.82) is 0 Å². The third-order valence-electron chi connectivity index (χ3n) is 4.27. The summed E-state index contributed by atoms with van der Waals surface area (Å²) >= 11 is 2.90. The third-order valence-corrected chi connectivity index (χ3v) is 6.22. The van der Waals surface area contributed by atoms with Crippen molar-refractivity contribution in [2.75, 3.05) is 31.3 Å². The number of nitrogens with one attached hydrogen (secondary N) is 1. The van der Waals surface area contributed by atoms with Crippen LogP contribution in [0.25, 0.3) is 0 Å². The molecule has 2 aromatic rings. The second-order valence-electron chi connectivity index (χ2n) is 6.76. The van der Waals surface area contributed by atoms with E-state index in [1.165, 1.54) is 29.5 Å². The Morgan fingerprint density at radius 2 is 2.12 bits per heavy atom.